The predicted molar refractivity (Wildman–Crippen MR) is 47.3 cm³/mol. The van der Waals surface area contributed by atoms with Crippen molar-refractivity contribution in [3.63, 3.8) is 0 Å². The first-order valence-electron chi connectivity index (χ1n) is 4.27. The highest BCUT2D eigenvalue weighted by Crippen LogP contribution is 2.02. The van der Waals surface area contributed by atoms with Crippen LogP contribution in [0, 0.1) is 11.8 Å². The third kappa shape index (κ3) is 3.41. The second kappa shape index (κ2) is 5.17. The molecule has 1 aliphatic rings. The van der Waals surface area contributed by atoms with Gasteiger partial charge in [-0.3, -0.25) is 0 Å². The maximum Gasteiger partial charge on any atom is 0.0576 e. The normalized spacial score (nSPS) is 22.8. The van der Waals surface area contributed by atoms with Crippen molar-refractivity contribution >= 4 is 0 Å². The molecule has 1 rings (SSSR count). The molecule has 0 bridgehead atoms. The molecule has 2 nitrogen and oxygen atoms in total. The van der Waals surface area contributed by atoms with Gasteiger partial charge < -0.3 is 10.6 Å². The molecular weight excluding hydrogens is 136 g/mol. The van der Waals surface area contributed by atoms with Crippen LogP contribution in [-0.4, -0.2) is 25.7 Å². The fourth-order valence-corrected chi connectivity index (χ4v) is 1.33. The molecule has 0 saturated carbocycles. The van der Waals surface area contributed by atoms with E-state index in [1.807, 2.05) is 6.92 Å². The summed E-state index contributed by atoms with van der Waals surface area (Å²) in [6, 6.07) is 0.689. The molecule has 1 heterocycles. The molecule has 1 aliphatic heterocycles. The van der Waals surface area contributed by atoms with E-state index in [1.165, 1.54) is 19.4 Å². The molecule has 2 heteroatoms. The average molecular weight is 152 g/mol. The molecule has 1 atom stereocenters. The van der Waals surface area contributed by atoms with Crippen molar-refractivity contribution in [2.24, 2.45) is 0 Å². The van der Waals surface area contributed by atoms with Crippen LogP contribution >= 0.6 is 0 Å². The summed E-state index contributed by atoms with van der Waals surface area (Å²) in [5, 5.41) is 6.71. The smallest absolute Gasteiger partial charge is 0.0576 e. The van der Waals surface area contributed by atoms with Gasteiger partial charge in [0.2, 0.25) is 0 Å². The van der Waals surface area contributed by atoms with Gasteiger partial charge in [-0.05, 0) is 26.3 Å². The Morgan fingerprint density at radius 1 is 1.64 bits per heavy atom. The van der Waals surface area contributed by atoms with E-state index in [1.54, 1.807) is 0 Å². The summed E-state index contributed by atoms with van der Waals surface area (Å²) in [7, 11) is 0. The molecule has 0 aliphatic carbocycles. The van der Waals surface area contributed by atoms with E-state index in [4.69, 9.17) is 0 Å². The molecule has 11 heavy (non-hydrogen) atoms. The highest BCUT2D eigenvalue weighted by atomic mass is 15.0. The molecule has 2 N–H and O–H groups in total. The van der Waals surface area contributed by atoms with E-state index in [2.05, 4.69) is 22.5 Å². The minimum atomic E-state index is 0.689. The van der Waals surface area contributed by atoms with Crippen LogP contribution in [0.15, 0.2) is 0 Å². The molecule has 1 unspecified atom stereocenters. The van der Waals surface area contributed by atoms with Gasteiger partial charge in [-0.25, -0.2) is 0 Å². The third-order valence-corrected chi connectivity index (χ3v) is 1.94. The van der Waals surface area contributed by atoms with Crippen LogP contribution in [0.4, 0.5) is 0 Å². The zero-order chi connectivity index (χ0) is 7.94. The number of rotatable bonds is 3. The van der Waals surface area contributed by atoms with Crippen LogP contribution in [0.5, 0.6) is 0 Å². The van der Waals surface area contributed by atoms with Gasteiger partial charge in [-0.1, -0.05) is 5.92 Å². The van der Waals surface area contributed by atoms with E-state index >= 15 is 0 Å². The first kappa shape index (κ1) is 8.58. The van der Waals surface area contributed by atoms with Gasteiger partial charge in [0.05, 0.1) is 6.54 Å². The van der Waals surface area contributed by atoms with Crippen molar-refractivity contribution in [2.75, 3.05) is 19.6 Å². The summed E-state index contributed by atoms with van der Waals surface area (Å²) >= 11 is 0. The Labute approximate surface area is 68.8 Å². The van der Waals surface area contributed by atoms with E-state index in [0.29, 0.717) is 6.04 Å². The van der Waals surface area contributed by atoms with E-state index in [0.717, 1.165) is 13.1 Å². The summed E-state index contributed by atoms with van der Waals surface area (Å²) in [4.78, 5) is 0. The van der Waals surface area contributed by atoms with Gasteiger partial charge in [-0.15, -0.1) is 5.92 Å². The lowest BCUT2D eigenvalue weighted by Gasteiger charge is -2.08. The molecule has 0 aromatic carbocycles. The third-order valence-electron chi connectivity index (χ3n) is 1.94. The quantitative estimate of drug-likeness (QED) is 0.450. The van der Waals surface area contributed by atoms with Crippen molar-refractivity contribution < 1.29 is 0 Å². The minimum absolute atomic E-state index is 0.689. The molecule has 0 aromatic rings. The Balaban J connectivity index is 1.96. The Morgan fingerprint density at radius 3 is 3.18 bits per heavy atom. The fourth-order valence-electron chi connectivity index (χ4n) is 1.33. The van der Waals surface area contributed by atoms with Gasteiger partial charge >= 0.3 is 0 Å². The van der Waals surface area contributed by atoms with Crippen molar-refractivity contribution in [3.8, 4) is 11.8 Å². The second-order valence-corrected chi connectivity index (χ2v) is 2.85. The lowest BCUT2D eigenvalue weighted by molar-refractivity contribution is 0.557. The highest BCUT2D eigenvalue weighted by molar-refractivity contribution is 4.97. The maximum absolute atomic E-state index is 3.42. The molecule has 62 valence electrons. The van der Waals surface area contributed by atoms with Crippen LogP contribution in [0.2, 0.25) is 0 Å². The summed E-state index contributed by atoms with van der Waals surface area (Å²) in [5.41, 5.74) is 0. The van der Waals surface area contributed by atoms with Crippen LogP contribution in [0.25, 0.3) is 0 Å². The number of nitrogens with one attached hydrogen (secondary N) is 2. The van der Waals surface area contributed by atoms with Crippen LogP contribution in [0.3, 0.4) is 0 Å². The van der Waals surface area contributed by atoms with Crippen LogP contribution < -0.4 is 10.6 Å². The molecule has 0 spiro atoms. The van der Waals surface area contributed by atoms with E-state index < -0.39 is 0 Å². The van der Waals surface area contributed by atoms with Gasteiger partial charge in [0, 0.05) is 12.6 Å². The number of hydrogen-bond acceptors (Lipinski definition) is 2. The molecule has 1 saturated heterocycles. The fraction of sp³-hybridized carbons (Fsp3) is 0.778. The van der Waals surface area contributed by atoms with Crippen LogP contribution in [-0.2, 0) is 0 Å². The van der Waals surface area contributed by atoms with Gasteiger partial charge in [-0.2, -0.15) is 0 Å². The summed E-state index contributed by atoms with van der Waals surface area (Å²) in [6.07, 6.45) is 2.64. The van der Waals surface area contributed by atoms with Gasteiger partial charge in [0.1, 0.15) is 0 Å². The summed E-state index contributed by atoms with van der Waals surface area (Å²) < 4.78 is 0. The lowest BCUT2D eigenvalue weighted by Crippen LogP contribution is -2.33. The molecule has 0 amide bonds. The monoisotopic (exact) mass is 152 g/mol. The van der Waals surface area contributed by atoms with Crippen molar-refractivity contribution in [1.82, 2.24) is 10.6 Å². The summed E-state index contributed by atoms with van der Waals surface area (Å²) in [5.74, 6) is 5.84. The maximum atomic E-state index is 3.42. The molecular formula is C9H16N2. The largest absolute Gasteiger partial charge is 0.313 e. The zero-order valence-corrected chi connectivity index (χ0v) is 7.11. The highest BCUT2D eigenvalue weighted by Gasteiger charge is 2.11. The first-order chi connectivity index (χ1) is 5.43. The van der Waals surface area contributed by atoms with Crippen molar-refractivity contribution in [2.45, 2.75) is 25.8 Å². The topological polar surface area (TPSA) is 24.1 Å². The average Bonchev–Trinajstić information content (AvgIpc) is 2.50. The zero-order valence-electron chi connectivity index (χ0n) is 7.11. The second-order valence-electron chi connectivity index (χ2n) is 2.85. The molecule has 0 aromatic heterocycles. The molecule has 0 radical (unpaired) electrons. The Morgan fingerprint density at radius 2 is 2.55 bits per heavy atom. The van der Waals surface area contributed by atoms with E-state index in [-0.39, 0.29) is 0 Å². The predicted octanol–water partition coefficient (Wildman–Crippen LogP) is 0.351. The van der Waals surface area contributed by atoms with Crippen LogP contribution in [0.1, 0.15) is 19.8 Å². The van der Waals surface area contributed by atoms with Crippen molar-refractivity contribution in [3.05, 3.63) is 0 Å². The minimum Gasteiger partial charge on any atom is -0.313 e. The van der Waals surface area contributed by atoms with E-state index in [9.17, 15) is 0 Å². The van der Waals surface area contributed by atoms with Gasteiger partial charge in [0.15, 0.2) is 0 Å². The Hall–Kier alpha value is -0.520. The van der Waals surface area contributed by atoms with Gasteiger partial charge in [0.25, 0.3) is 0 Å². The SMILES string of the molecule is CC#CCNCC1CCCN1. The Bertz CT molecular complexity index is 149. The number of hydrogen-bond donors (Lipinski definition) is 2. The lowest BCUT2D eigenvalue weighted by atomic mass is 10.2. The van der Waals surface area contributed by atoms with Crippen molar-refractivity contribution in [1.29, 1.82) is 0 Å². The Kier molecular flexibility index (Phi) is 4.03. The standard InChI is InChI=1S/C9H16N2/c1-2-3-6-10-8-9-5-4-7-11-9/h9-11H,4-8H2,1H3. The first-order valence-corrected chi connectivity index (χ1v) is 4.27. The molecule has 1 fully saturated rings. The summed E-state index contributed by atoms with van der Waals surface area (Å²) in [6.45, 7) is 4.95.